The van der Waals surface area contributed by atoms with E-state index in [0.29, 0.717) is 22.2 Å². The van der Waals surface area contributed by atoms with Gasteiger partial charge in [-0.25, -0.2) is 4.98 Å². The van der Waals surface area contributed by atoms with Crippen LogP contribution in [0, 0.1) is 26.2 Å². The predicted octanol–water partition coefficient (Wildman–Crippen LogP) is 3.74. The largest absolute Gasteiger partial charge is 0.438 e. The van der Waals surface area contributed by atoms with Gasteiger partial charge >= 0.3 is 0 Å². The monoisotopic (exact) mass is 289 g/mol. The number of nitrogens with zero attached hydrogens (tertiary/aromatic N) is 1. The van der Waals surface area contributed by atoms with Gasteiger partial charge < -0.3 is 10.5 Å². The molecular weight excluding hydrogens is 274 g/mol. The lowest BCUT2D eigenvalue weighted by molar-refractivity contribution is 0.454. The third-order valence-corrected chi connectivity index (χ3v) is 3.24. The molecule has 0 amide bonds. The minimum atomic E-state index is -0.0603. The Morgan fingerprint density at radius 1 is 1.20 bits per heavy atom. The molecule has 0 unspecified atom stereocenters. The Morgan fingerprint density at radius 2 is 1.80 bits per heavy atom. The van der Waals surface area contributed by atoms with Crippen LogP contribution in [0.1, 0.15) is 22.3 Å². The lowest BCUT2D eigenvalue weighted by atomic mass is 10.1. The van der Waals surface area contributed by atoms with Crippen molar-refractivity contribution in [2.45, 2.75) is 20.8 Å². The molecule has 0 radical (unpaired) electrons. The fraction of sp³-hybridized carbons (Fsp3) is 0.200. The van der Waals surface area contributed by atoms with Gasteiger partial charge in [0.2, 0.25) is 5.88 Å². The summed E-state index contributed by atoms with van der Waals surface area (Å²) in [6.07, 6.45) is 1.64. The maximum Gasteiger partial charge on any atom is 0.230 e. The average Bonchev–Trinajstić information content (AvgIpc) is 2.33. The Kier molecular flexibility index (Phi) is 3.95. The lowest BCUT2D eigenvalue weighted by Gasteiger charge is -2.15. The second kappa shape index (κ2) is 5.51. The molecule has 0 bridgehead atoms. The summed E-state index contributed by atoms with van der Waals surface area (Å²) in [4.78, 5) is 4.18. The molecule has 0 aliphatic carbocycles. The number of benzene rings is 1. The zero-order valence-corrected chi connectivity index (χ0v) is 12.4. The van der Waals surface area contributed by atoms with Crippen LogP contribution in [0.5, 0.6) is 11.6 Å². The van der Waals surface area contributed by atoms with Gasteiger partial charge in [0.1, 0.15) is 11.6 Å². The summed E-state index contributed by atoms with van der Waals surface area (Å²) >= 11 is 6.01. The number of hydrogen-bond acceptors (Lipinski definition) is 3. The van der Waals surface area contributed by atoms with Crippen molar-refractivity contribution in [3.8, 4) is 11.6 Å². The van der Waals surface area contributed by atoms with E-state index in [0.717, 1.165) is 16.7 Å². The number of ether oxygens (including phenoxy) is 1. The maximum atomic E-state index is 7.66. The molecule has 3 N–H and O–H groups in total. The van der Waals surface area contributed by atoms with E-state index in [9.17, 15) is 0 Å². The van der Waals surface area contributed by atoms with Crippen molar-refractivity contribution in [2.75, 3.05) is 0 Å². The van der Waals surface area contributed by atoms with Crippen LogP contribution in [0.25, 0.3) is 0 Å². The molecule has 0 aliphatic rings. The fourth-order valence-electron chi connectivity index (χ4n) is 2.09. The quantitative estimate of drug-likeness (QED) is 0.668. The van der Waals surface area contributed by atoms with Crippen LogP contribution in [0.15, 0.2) is 24.4 Å². The van der Waals surface area contributed by atoms with Crippen molar-refractivity contribution in [3.05, 3.63) is 51.7 Å². The third-order valence-electron chi connectivity index (χ3n) is 3.02. The van der Waals surface area contributed by atoms with E-state index in [2.05, 4.69) is 4.98 Å². The van der Waals surface area contributed by atoms with Gasteiger partial charge in [-0.2, -0.15) is 0 Å². The van der Waals surface area contributed by atoms with E-state index >= 15 is 0 Å². The minimum Gasteiger partial charge on any atom is -0.438 e. The van der Waals surface area contributed by atoms with Crippen molar-refractivity contribution in [3.63, 3.8) is 0 Å². The summed E-state index contributed by atoms with van der Waals surface area (Å²) < 4.78 is 5.88. The van der Waals surface area contributed by atoms with Crippen molar-refractivity contribution in [2.24, 2.45) is 5.73 Å². The summed E-state index contributed by atoms with van der Waals surface area (Å²) in [5.74, 6) is 0.968. The SMILES string of the molecule is Cc1cc(Cl)cc(C)c1Oc1nccc(C)c1C(=N)N. The Morgan fingerprint density at radius 3 is 2.35 bits per heavy atom. The van der Waals surface area contributed by atoms with Crippen LogP contribution >= 0.6 is 11.6 Å². The van der Waals surface area contributed by atoms with Gasteiger partial charge in [-0.15, -0.1) is 0 Å². The molecule has 1 aromatic carbocycles. The van der Waals surface area contributed by atoms with Crippen LogP contribution in [0.2, 0.25) is 5.02 Å². The molecule has 0 spiro atoms. The van der Waals surface area contributed by atoms with Crippen LogP contribution in [0.4, 0.5) is 0 Å². The second-order valence-corrected chi connectivity index (χ2v) is 5.13. The Bertz CT molecular complexity index is 660. The molecule has 2 aromatic rings. The highest BCUT2D eigenvalue weighted by Gasteiger charge is 2.15. The molecule has 104 valence electrons. The number of amidine groups is 1. The minimum absolute atomic E-state index is 0.0603. The van der Waals surface area contributed by atoms with E-state index < -0.39 is 0 Å². The molecule has 1 heterocycles. The van der Waals surface area contributed by atoms with Gasteiger partial charge in [-0.3, -0.25) is 5.41 Å². The summed E-state index contributed by atoms with van der Waals surface area (Å²) in [5.41, 5.74) is 8.80. The van der Waals surface area contributed by atoms with Gasteiger partial charge in [0.05, 0.1) is 5.56 Å². The van der Waals surface area contributed by atoms with E-state index in [1.165, 1.54) is 0 Å². The van der Waals surface area contributed by atoms with Crippen molar-refractivity contribution in [1.29, 1.82) is 5.41 Å². The van der Waals surface area contributed by atoms with Gasteiger partial charge in [0.25, 0.3) is 0 Å². The smallest absolute Gasteiger partial charge is 0.230 e. The number of nitrogen functional groups attached to an aromatic ring is 1. The number of aryl methyl sites for hydroxylation is 3. The molecule has 0 aliphatic heterocycles. The van der Waals surface area contributed by atoms with E-state index in [-0.39, 0.29) is 5.84 Å². The highest BCUT2D eigenvalue weighted by Crippen LogP contribution is 2.32. The van der Waals surface area contributed by atoms with Crippen LogP contribution < -0.4 is 10.5 Å². The highest BCUT2D eigenvalue weighted by atomic mass is 35.5. The van der Waals surface area contributed by atoms with Gasteiger partial charge in [0, 0.05) is 11.2 Å². The molecular formula is C15H16ClN3O. The topological polar surface area (TPSA) is 72.0 Å². The molecule has 5 heteroatoms. The lowest BCUT2D eigenvalue weighted by Crippen LogP contribution is -2.15. The average molecular weight is 290 g/mol. The number of nitrogens with two attached hydrogens (primary N) is 1. The first-order chi connectivity index (χ1) is 9.40. The summed E-state index contributed by atoms with van der Waals surface area (Å²) in [6.45, 7) is 5.70. The van der Waals surface area contributed by atoms with Gasteiger partial charge in [-0.1, -0.05) is 11.6 Å². The van der Waals surface area contributed by atoms with Crippen molar-refractivity contribution < 1.29 is 4.74 Å². The van der Waals surface area contributed by atoms with Crippen LogP contribution in [-0.4, -0.2) is 10.8 Å². The van der Waals surface area contributed by atoms with Gasteiger partial charge in [0.15, 0.2) is 0 Å². The standard InChI is InChI=1S/C15H16ClN3O/c1-8-4-5-19-15(12(8)14(17)18)20-13-9(2)6-11(16)7-10(13)3/h4-7H,1-3H3,(H3,17,18). The molecule has 4 nitrogen and oxygen atoms in total. The Balaban J connectivity index is 2.51. The normalized spacial score (nSPS) is 10.4. The molecule has 2 rings (SSSR count). The first-order valence-corrected chi connectivity index (χ1v) is 6.52. The zero-order valence-electron chi connectivity index (χ0n) is 11.6. The first kappa shape index (κ1) is 14.3. The van der Waals surface area contributed by atoms with Crippen LogP contribution in [-0.2, 0) is 0 Å². The zero-order chi connectivity index (χ0) is 14.9. The fourth-order valence-corrected chi connectivity index (χ4v) is 2.42. The number of aromatic nitrogens is 1. The predicted molar refractivity (Wildman–Crippen MR) is 81.0 cm³/mol. The number of pyridine rings is 1. The summed E-state index contributed by atoms with van der Waals surface area (Å²) in [7, 11) is 0. The third kappa shape index (κ3) is 2.75. The second-order valence-electron chi connectivity index (χ2n) is 4.69. The van der Waals surface area contributed by atoms with Gasteiger partial charge in [-0.05, 0) is 55.7 Å². The molecule has 20 heavy (non-hydrogen) atoms. The number of nitrogens with one attached hydrogen (secondary N) is 1. The van der Waals surface area contributed by atoms with Crippen molar-refractivity contribution in [1.82, 2.24) is 4.98 Å². The molecule has 0 atom stereocenters. The Hall–Kier alpha value is -2.07. The molecule has 0 saturated carbocycles. The van der Waals surface area contributed by atoms with E-state index in [1.54, 1.807) is 12.3 Å². The van der Waals surface area contributed by atoms with Crippen molar-refractivity contribution >= 4 is 17.4 Å². The highest BCUT2D eigenvalue weighted by molar-refractivity contribution is 6.30. The molecule has 0 fully saturated rings. The number of halogens is 1. The summed E-state index contributed by atoms with van der Waals surface area (Å²) in [6, 6.07) is 5.45. The maximum absolute atomic E-state index is 7.66. The first-order valence-electron chi connectivity index (χ1n) is 6.14. The number of hydrogen-bond donors (Lipinski definition) is 2. The van der Waals surface area contributed by atoms with Crippen LogP contribution in [0.3, 0.4) is 0 Å². The summed E-state index contributed by atoms with van der Waals surface area (Å²) in [5, 5.41) is 8.32. The Labute approximate surface area is 123 Å². The molecule has 1 aromatic heterocycles. The van der Waals surface area contributed by atoms with E-state index in [4.69, 9.17) is 27.5 Å². The number of rotatable bonds is 3. The molecule has 0 saturated heterocycles. The van der Waals surface area contributed by atoms with E-state index in [1.807, 2.05) is 32.9 Å².